The van der Waals surface area contributed by atoms with Gasteiger partial charge in [-0.05, 0) is 24.1 Å². The Balaban J connectivity index is 2.65. The predicted molar refractivity (Wildman–Crippen MR) is 90.1 cm³/mol. The summed E-state index contributed by atoms with van der Waals surface area (Å²) in [7, 11) is -1.81. The minimum absolute atomic E-state index is 0.00644. The standard InChI is InChI=1S/C14H17BCl2N2O4/c1-8(2)5-12(15(22)23)19-13(20)7-18-14(21)10-6-9(16)3-4-11(10)17/h3-6,8,22-23H,7H2,1-2H3,(H,18,21)(H,19,20)/b12-5+. The quantitative estimate of drug-likeness (QED) is 0.577. The Labute approximate surface area is 144 Å². The van der Waals surface area contributed by atoms with Crippen molar-refractivity contribution in [3.05, 3.63) is 45.5 Å². The molecule has 2 amide bonds. The molecule has 0 saturated carbocycles. The maximum Gasteiger partial charge on any atom is 0.505 e. The summed E-state index contributed by atoms with van der Waals surface area (Å²) in [5.41, 5.74) is 0.104. The lowest BCUT2D eigenvalue weighted by atomic mass is 9.84. The van der Waals surface area contributed by atoms with Crippen molar-refractivity contribution >= 4 is 42.1 Å². The van der Waals surface area contributed by atoms with Gasteiger partial charge in [-0.1, -0.05) is 43.1 Å². The molecule has 0 saturated heterocycles. The third-order valence-corrected chi connectivity index (χ3v) is 3.22. The van der Waals surface area contributed by atoms with Crippen LogP contribution in [0, 0.1) is 5.92 Å². The molecule has 9 heteroatoms. The summed E-state index contributed by atoms with van der Waals surface area (Å²) in [6.45, 7) is 3.28. The van der Waals surface area contributed by atoms with Crippen LogP contribution in [0.25, 0.3) is 0 Å². The van der Waals surface area contributed by atoms with E-state index in [0.29, 0.717) is 5.02 Å². The second kappa shape index (κ2) is 8.93. The third kappa shape index (κ3) is 6.62. The molecular formula is C14H17BCl2N2O4. The second-order valence-corrected chi connectivity index (χ2v) is 5.94. The number of amides is 2. The Kier molecular flexibility index (Phi) is 7.58. The summed E-state index contributed by atoms with van der Waals surface area (Å²) >= 11 is 11.7. The minimum Gasteiger partial charge on any atom is -0.422 e. The number of hydrogen-bond acceptors (Lipinski definition) is 4. The monoisotopic (exact) mass is 358 g/mol. The molecule has 23 heavy (non-hydrogen) atoms. The van der Waals surface area contributed by atoms with E-state index in [1.165, 1.54) is 18.2 Å². The molecule has 0 aliphatic rings. The molecule has 0 fully saturated rings. The van der Waals surface area contributed by atoms with E-state index in [4.69, 9.17) is 23.2 Å². The first-order chi connectivity index (χ1) is 10.7. The summed E-state index contributed by atoms with van der Waals surface area (Å²) < 4.78 is 0. The Hall–Kier alpha value is -1.54. The smallest absolute Gasteiger partial charge is 0.422 e. The van der Waals surface area contributed by atoms with Crippen molar-refractivity contribution in [3.8, 4) is 0 Å². The van der Waals surface area contributed by atoms with Gasteiger partial charge in [0.25, 0.3) is 5.91 Å². The zero-order valence-corrected chi connectivity index (χ0v) is 14.1. The fraction of sp³-hybridized carbons (Fsp3) is 0.286. The zero-order valence-electron chi connectivity index (χ0n) is 12.6. The molecule has 0 heterocycles. The van der Waals surface area contributed by atoms with Crippen molar-refractivity contribution in [2.75, 3.05) is 6.54 Å². The topological polar surface area (TPSA) is 98.7 Å². The predicted octanol–water partition coefficient (Wildman–Crippen LogP) is 1.39. The fourth-order valence-electron chi connectivity index (χ4n) is 1.68. The van der Waals surface area contributed by atoms with Gasteiger partial charge in [-0.2, -0.15) is 0 Å². The molecular weight excluding hydrogens is 342 g/mol. The van der Waals surface area contributed by atoms with Crippen LogP contribution in [-0.4, -0.2) is 35.5 Å². The molecule has 4 N–H and O–H groups in total. The molecule has 0 aliphatic carbocycles. The lowest BCUT2D eigenvalue weighted by molar-refractivity contribution is -0.119. The summed E-state index contributed by atoms with van der Waals surface area (Å²) in [6, 6.07) is 4.40. The van der Waals surface area contributed by atoms with Crippen molar-refractivity contribution < 1.29 is 19.6 Å². The Morgan fingerprint density at radius 2 is 1.96 bits per heavy atom. The first kappa shape index (κ1) is 19.5. The molecule has 0 atom stereocenters. The van der Waals surface area contributed by atoms with E-state index in [0.717, 1.165) is 0 Å². The van der Waals surface area contributed by atoms with Gasteiger partial charge in [0.1, 0.15) is 0 Å². The molecule has 1 rings (SSSR count). The second-order valence-electron chi connectivity index (χ2n) is 5.09. The van der Waals surface area contributed by atoms with Gasteiger partial charge in [0.05, 0.1) is 17.1 Å². The molecule has 1 aromatic rings. The molecule has 0 spiro atoms. The summed E-state index contributed by atoms with van der Waals surface area (Å²) in [5, 5.41) is 23.6. The Bertz CT molecular complexity index is 621. The highest BCUT2D eigenvalue weighted by atomic mass is 35.5. The number of rotatable bonds is 6. The Morgan fingerprint density at radius 3 is 2.52 bits per heavy atom. The fourth-order valence-corrected chi connectivity index (χ4v) is 2.06. The van der Waals surface area contributed by atoms with Gasteiger partial charge in [0.15, 0.2) is 0 Å². The van der Waals surface area contributed by atoms with Crippen LogP contribution in [0.5, 0.6) is 0 Å². The van der Waals surface area contributed by atoms with Gasteiger partial charge in [-0.3, -0.25) is 9.59 Å². The van der Waals surface area contributed by atoms with Crippen LogP contribution >= 0.6 is 23.2 Å². The van der Waals surface area contributed by atoms with Crippen LogP contribution in [0.4, 0.5) is 0 Å². The van der Waals surface area contributed by atoms with E-state index < -0.39 is 18.9 Å². The number of carbonyl (C=O) groups is 2. The summed E-state index contributed by atoms with van der Waals surface area (Å²) in [5.74, 6) is -1.16. The van der Waals surface area contributed by atoms with Gasteiger partial charge in [-0.25, -0.2) is 0 Å². The molecule has 0 bridgehead atoms. The highest BCUT2D eigenvalue weighted by Gasteiger charge is 2.19. The van der Waals surface area contributed by atoms with E-state index in [1.54, 1.807) is 6.07 Å². The molecule has 0 unspecified atom stereocenters. The first-order valence-corrected chi connectivity index (χ1v) is 7.57. The van der Waals surface area contributed by atoms with E-state index in [2.05, 4.69) is 10.6 Å². The van der Waals surface area contributed by atoms with Crippen LogP contribution < -0.4 is 10.6 Å². The van der Waals surface area contributed by atoms with Crippen molar-refractivity contribution in [3.63, 3.8) is 0 Å². The van der Waals surface area contributed by atoms with E-state index in [9.17, 15) is 19.6 Å². The molecule has 0 radical (unpaired) electrons. The van der Waals surface area contributed by atoms with Crippen LogP contribution in [0.1, 0.15) is 24.2 Å². The van der Waals surface area contributed by atoms with Gasteiger partial charge in [-0.15, -0.1) is 0 Å². The number of allylic oxidation sites excluding steroid dienone is 1. The number of hydrogen-bond donors (Lipinski definition) is 4. The normalized spacial score (nSPS) is 11.3. The molecule has 0 aliphatic heterocycles. The van der Waals surface area contributed by atoms with Crippen LogP contribution in [0.3, 0.4) is 0 Å². The number of benzene rings is 1. The van der Waals surface area contributed by atoms with Crippen LogP contribution in [0.2, 0.25) is 10.0 Å². The van der Waals surface area contributed by atoms with Crippen molar-refractivity contribution in [1.82, 2.24) is 10.6 Å². The van der Waals surface area contributed by atoms with Crippen LogP contribution in [0.15, 0.2) is 29.9 Å². The van der Waals surface area contributed by atoms with E-state index in [-0.39, 0.29) is 28.6 Å². The van der Waals surface area contributed by atoms with Gasteiger partial charge >= 0.3 is 7.12 Å². The molecule has 0 aromatic heterocycles. The molecule has 1 aromatic carbocycles. The van der Waals surface area contributed by atoms with Crippen molar-refractivity contribution in [2.24, 2.45) is 5.92 Å². The Morgan fingerprint density at radius 1 is 1.30 bits per heavy atom. The average Bonchev–Trinajstić information content (AvgIpc) is 2.46. The SMILES string of the molecule is CC(C)/C=C(/NC(=O)CNC(=O)c1cc(Cl)ccc1Cl)B(O)O. The van der Waals surface area contributed by atoms with Gasteiger partial charge in [0.2, 0.25) is 5.91 Å². The number of carbonyl (C=O) groups excluding carboxylic acids is 2. The minimum atomic E-state index is -1.81. The van der Waals surface area contributed by atoms with Gasteiger partial charge in [0, 0.05) is 10.6 Å². The zero-order chi connectivity index (χ0) is 17.6. The first-order valence-electron chi connectivity index (χ1n) is 6.81. The van der Waals surface area contributed by atoms with Gasteiger partial charge < -0.3 is 20.7 Å². The van der Waals surface area contributed by atoms with Crippen molar-refractivity contribution in [2.45, 2.75) is 13.8 Å². The van der Waals surface area contributed by atoms with Crippen LogP contribution in [-0.2, 0) is 4.79 Å². The summed E-state index contributed by atoms with van der Waals surface area (Å²) in [6.07, 6.45) is 1.50. The third-order valence-electron chi connectivity index (χ3n) is 2.66. The number of nitrogens with one attached hydrogen (secondary N) is 2. The maximum absolute atomic E-state index is 12.0. The largest absolute Gasteiger partial charge is 0.505 e. The lowest BCUT2D eigenvalue weighted by Gasteiger charge is -2.11. The number of halogens is 2. The van der Waals surface area contributed by atoms with E-state index >= 15 is 0 Å². The lowest BCUT2D eigenvalue weighted by Crippen LogP contribution is -2.40. The van der Waals surface area contributed by atoms with Crippen molar-refractivity contribution in [1.29, 1.82) is 0 Å². The highest BCUT2D eigenvalue weighted by Crippen LogP contribution is 2.20. The molecule has 124 valence electrons. The maximum atomic E-state index is 12.0. The van der Waals surface area contributed by atoms with E-state index in [1.807, 2.05) is 13.8 Å². The average molecular weight is 359 g/mol. The highest BCUT2D eigenvalue weighted by molar-refractivity contribution is 6.51. The molecule has 6 nitrogen and oxygen atoms in total. The summed E-state index contributed by atoms with van der Waals surface area (Å²) in [4.78, 5) is 23.8.